The second kappa shape index (κ2) is 6.50. The van der Waals surface area contributed by atoms with E-state index in [4.69, 9.17) is 0 Å². The fourth-order valence-electron chi connectivity index (χ4n) is 1.97. The minimum atomic E-state index is -4.96. The van der Waals surface area contributed by atoms with Crippen LogP contribution in [0.15, 0.2) is 59.7 Å². The first-order valence-electron chi connectivity index (χ1n) is 6.90. The molecule has 132 valence electrons. The number of aromatic nitrogens is 1. The van der Waals surface area contributed by atoms with Gasteiger partial charge < -0.3 is 8.75 Å². The van der Waals surface area contributed by atoms with Gasteiger partial charge in [0.25, 0.3) is 0 Å². The zero-order chi connectivity index (χ0) is 18.1. The number of nitrogens with one attached hydrogen (secondary N) is 1. The van der Waals surface area contributed by atoms with Gasteiger partial charge in [0.15, 0.2) is 0 Å². The van der Waals surface area contributed by atoms with Crippen LogP contribution in [-0.2, 0) is 25.3 Å². The minimum absolute atomic E-state index is 0.111. The van der Waals surface area contributed by atoms with Crippen LogP contribution in [0.25, 0.3) is 10.2 Å². The van der Waals surface area contributed by atoms with E-state index in [2.05, 4.69) is 9.28 Å². The minimum Gasteiger partial charge on any atom is -0.370 e. The molecule has 0 aliphatic rings. The molecule has 0 fully saturated rings. The first-order valence-corrected chi connectivity index (χ1v) is 11.1. The SMILES string of the molecule is Cn1c(=NNS(=O)(=O)S(=O)(=O)Oc2ccccc2)sc2ccccc21. The van der Waals surface area contributed by atoms with Crippen LogP contribution < -0.4 is 13.8 Å². The highest BCUT2D eigenvalue weighted by Gasteiger charge is 2.32. The summed E-state index contributed by atoms with van der Waals surface area (Å²) in [5.74, 6) is -0.111. The molecule has 0 bridgehead atoms. The van der Waals surface area contributed by atoms with E-state index >= 15 is 0 Å². The number of hydrogen-bond donors (Lipinski definition) is 1. The first-order chi connectivity index (χ1) is 11.8. The fraction of sp³-hybridized carbons (Fsp3) is 0.0714. The highest BCUT2D eigenvalue weighted by atomic mass is 33.2. The van der Waals surface area contributed by atoms with Gasteiger partial charge in [-0.15, -0.1) is 5.10 Å². The Balaban J connectivity index is 1.91. The molecule has 0 unspecified atom stereocenters. The highest BCUT2D eigenvalue weighted by molar-refractivity contribution is 8.64. The van der Waals surface area contributed by atoms with E-state index < -0.39 is 18.2 Å². The van der Waals surface area contributed by atoms with Crippen molar-refractivity contribution in [1.29, 1.82) is 0 Å². The Morgan fingerprint density at radius 3 is 2.32 bits per heavy atom. The molecule has 0 aliphatic carbocycles. The Morgan fingerprint density at radius 2 is 1.64 bits per heavy atom. The van der Waals surface area contributed by atoms with E-state index in [9.17, 15) is 16.8 Å². The Hall–Kier alpha value is -2.37. The third-order valence-electron chi connectivity index (χ3n) is 3.18. The molecule has 1 N–H and O–H groups in total. The van der Waals surface area contributed by atoms with Gasteiger partial charge in [-0.1, -0.05) is 41.7 Å². The highest BCUT2D eigenvalue weighted by Crippen LogP contribution is 2.16. The Bertz CT molecular complexity index is 1180. The summed E-state index contributed by atoms with van der Waals surface area (Å²) in [5, 5.41) is 3.71. The van der Waals surface area contributed by atoms with Gasteiger partial charge in [0.1, 0.15) is 5.75 Å². The van der Waals surface area contributed by atoms with Gasteiger partial charge in [0.05, 0.1) is 10.2 Å². The topological polar surface area (TPSA) is 107 Å². The van der Waals surface area contributed by atoms with Crippen molar-refractivity contribution < 1.29 is 21.0 Å². The third kappa shape index (κ3) is 3.52. The molecule has 1 heterocycles. The molecule has 0 radical (unpaired) electrons. The monoisotopic (exact) mass is 399 g/mol. The van der Waals surface area contributed by atoms with Crippen molar-refractivity contribution in [2.75, 3.05) is 0 Å². The zero-order valence-electron chi connectivity index (χ0n) is 12.9. The molecular formula is C14H13N3O5S3. The summed E-state index contributed by atoms with van der Waals surface area (Å²) in [5.41, 5.74) is 0.842. The van der Waals surface area contributed by atoms with Crippen LogP contribution in [-0.4, -0.2) is 21.4 Å². The lowest BCUT2D eigenvalue weighted by atomic mass is 10.3. The lowest BCUT2D eigenvalue weighted by Crippen LogP contribution is -2.32. The maximum atomic E-state index is 12.0. The van der Waals surface area contributed by atoms with Crippen LogP contribution in [0.2, 0.25) is 0 Å². The molecule has 0 atom stereocenters. The molecule has 0 amide bonds. The molecular weight excluding hydrogens is 386 g/mol. The lowest BCUT2D eigenvalue weighted by Gasteiger charge is -2.06. The standard InChI is InChI=1S/C14H13N3O5S3/c1-17-12-9-5-6-10-13(12)23-14(17)15-16-24(18,19)25(20,21)22-11-7-3-2-4-8-11/h2-10,16H,1H3. The van der Waals surface area contributed by atoms with E-state index in [1.54, 1.807) is 22.5 Å². The number of benzene rings is 2. The van der Waals surface area contributed by atoms with Gasteiger partial charge in [-0.25, -0.2) is 0 Å². The smallest absolute Gasteiger partial charge is 0.370 e. The molecule has 8 nitrogen and oxygen atoms in total. The number of thiazole rings is 1. The molecule has 0 saturated heterocycles. The molecule has 3 aromatic rings. The van der Waals surface area contributed by atoms with Crippen molar-refractivity contribution in [1.82, 2.24) is 9.40 Å². The molecule has 1 aromatic heterocycles. The molecule has 0 aliphatic heterocycles. The lowest BCUT2D eigenvalue weighted by molar-refractivity contribution is 0.493. The average molecular weight is 399 g/mol. The summed E-state index contributed by atoms with van der Waals surface area (Å²) in [6.07, 6.45) is 0. The summed E-state index contributed by atoms with van der Waals surface area (Å²) in [7, 11) is -8.15. The number of fused-ring (bicyclic) bond motifs is 1. The van der Waals surface area contributed by atoms with Crippen LogP contribution in [0, 0.1) is 0 Å². The molecule has 25 heavy (non-hydrogen) atoms. The average Bonchev–Trinajstić information content (AvgIpc) is 2.90. The van der Waals surface area contributed by atoms with E-state index in [1.807, 2.05) is 24.3 Å². The van der Waals surface area contributed by atoms with Crippen molar-refractivity contribution in [2.24, 2.45) is 12.1 Å². The van der Waals surface area contributed by atoms with Crippen LogP contribution in [0.5, 0.6) is 5.75 Å². The molecule has 0 spiro atoms. The predicted molar refractivity (Wildman–Crippen MR) is 94.4 cm³/mol. The Kier molecular flexibility index (Phi) is 4.54. The maximum absolute atomic E-state index is 12.0. The quantitative estimate of drug-likeness (QED) is 0.514. The normalized spacial score (nSPS) is 13.1. The van der Waals surface area contributed by atoms with Gasteiger partial charge in [0.2, 0.25) is 4.80 Å². The van der Waals surface area contributed by atoms with E-state index in [0.717, 1.165) is 10.2 Å². The molecule has 2 aromatic carbocycles. The van der Waals surface area contributed by atoms with Gasteiger partial charge in [-0.05, 0) is 24.3 Å². The number of para-hydroxylation sites is 2. The van der Waals surface area contributed by atoms with E-state index in [-0.39, 0.29) is 5.75 Å². The van der Waals surface area contributed by atoms with Crippen molar-refractivity contribution >= 4 is 39.8 Å². The van der Waals surface area contributed by atoms with Gasteiger partial charge in [-0.3, -0.25) is 0 Å². The maximum Gasteiger partial charge on any atom is 0.439 e. The van der Waals surface area contributed by atoms with E-state index in [1.165, 1.54) is 35.6 Å². The Morgan fingerprint density at radius 1 is 1.00 bits per heavy atom. The van der Waals surface area contributed by atoms with E-state index in [0.29, 0.717) is 4.80 Å². The second-order valence-corrected chi connectivity index (χ2v) is 10.5. The number of nitrogens with zero attached hydrogens (tertiary/aromatic N) is 2. The number of rotatable bonds is 5. The van der Waals surface area contributed by atoms with Crippen molar-refractivity contribution in [3.05, 3.63) is 59.4 Å². The van der Waals surface area contributed by atoms with Crippen molar-refractivity contribution in [3.63, 3.8) is 0 Å². The molecule has 0 saturated carbocycles. The summed E-state index contributed by atoms with van der Waals surface area (Å²) >= 11 is 1.21. The largest absolute Gasteiger partial charge is 0.439 e. The Labute approximate surface area is 147 Å². The molecule has 3 rings (SSSR count). The summed E-state index contributed by atoms with van der Waals surface area (Å²) in [6, 6.07) is 14.7. The van der Waals surface area contributed by atoms with Crippen LogP contribution >= 0.6 is 11.3 Å². The van der Waals surface area contributed by atoms with Gasteiger partial charge >= 0.3 is 18.2 Å². The van der Waals surface area contributed by atoms with Crippen LogP contribution in [0.1, 0.15) is 0 Å². The predicted octanol–water partition coefficient (Wildman–Crippen LogP) is 1.30. The first kappa shape index (κ1) is 17.5. The summed E-state index contributed by atoms with van der Waals surface area (Å²) in [6.45, 7) is 0. The van der Waals surface area contributed by atoms with Crippen LogP contribution in [0.3, 0.4) is 0 Å². The third-order valence-corrected chi connectivity index (χ3v) is 7.58. The van der Waals surface area contributed by atoms with Gasteiger partial charge in [-0.2, -0.15) is 21.7 Å². The van der Waals surface area contributed by atoms with Crippen molar-refractivity contribution in [3.8, 4) is 5.75 Å². The van der Waals surface area contributed by atoms with Crippen molar-refractivity contribution in [2.45, 2.75) is 0 Å². The number of aryl methyl sites for hydroxylation is 1. The second-order valence-electron chi connectivity index (χ2n) is 4.87. The number of hydrogen-bond acceptors (Lipinski definition) is 7. The zero-order valence-corrected chi connectivity index (χ0v) is 15.3. The summed E-state index contributed by atoms with van der Waals surface area (Å²) in [4.78, 5) is 2.00. The summed E-state index contributed by atoms with van der Waals surface area (Å²) < 4.78 is 55.1. The van der Waals surface area contributed by atoms with Crippen LogP contribution in [0.4, 0.5) is 0 Å². The fourth-order valence-corrected chi connectivity index (χ4v) is 4.62. The van der Waals surface area contributed by atoms with Gasteiger partial charge in [0, 0.05) is 7.05 Å². The molecule has 11 heteroatoms.